The van der Waals surface area contributed by atoms with E-state index in [1.165, 1.54) is 5.56 Å². The summed E-state index contributed by atoms with van der Waals surface area (Å²) in [6, 6.07) is 14.6. The van der Waals surface area contributed by atoms with Gasteiger partial charge >= 0.3 is 5.97 Å². The standard InChI is InChI=1S/C22H22BrNO4/c1-14(2)15-5-9-19(10-6-15)24-12-17(11-21(24)26)22(27)28-13-20(25)16-3-7-18(23)8-4-16/h3-10,14,17H,11-13H2,1-2H3/t17-/m1/s1. The number of amides is 1. The normalized spacial score (nSPS) is 16.5. The molecule has 1 aliphatic heterocycles. The molecule has 0 saturated carbocycles. The quantitative estimate of drug-likeness (QED) is 0.491. The zero-order valence-corrected chi connectivity index (χ0v) is 17.4. The third-order valence-corrected chi connectivity index (χ3v) is 5.37. The summed E-state index contributed by atoms with van der Waals surface area (Å²) in [5, 5.41) is 0. The Labute approximate surface area is 172 Å². The van der Waals surface area contributed by atoms with Crippen molar-refractivity contribution < 1.29 is 19.1 Å². The van der Waals surface area contributed by atoms with Crippen molar-refractivity contribution in [2.75, 3.05) is 18.1 Å². The lowest BCUT2D eigenvalue weighted by molar-refractivity contribution is -0.147. The Morgan fingerprint density at radius 2 is 1.75 bits per heavy atom. The molecule has 5 nitrogen and oxygen atoms in total. The molecule has 6 heteroatoms. The molecular formula is C22H22BrNO4. The van der Waals surface area contributed by atoms with E-state index >= 15 is 0 Å². The molecule has 0 N–H and O–H groups in total. The summed E-state index contributed by atoms with van der Waals surface area (Å²) >= 11 is 3.31. The van der Waals surface area contributed by atoms with E-state index in [2.05, 4.69) is 29.8 Å². The van der Waals surface area contributed by atoms with Crippen molar-refractivity contribution in [1.29, 1.82) is 0 Å². The van der Waals surface area contributed by atoms with Gasteiger partial charge < -0.3 is 9.64 Å². The van der Waals surface area contributed by atoms with Gasteiger partial charge in [0.2, 0.25) is 5.91 Å². The molecule has 1 aliphatic rings. The van der Waals surface area contributed by atoms with E-state index in [1.54, 1.807) is 29.2 Å². The van der Waals surface area contributed by atoms with Crippen molar-refractivity contribution in [3.8, 4) is 0 Å². The van der Waals surface area contributed by atoms with Gasteiger partial charge in [-0.15, -0.1) is 0 Å². The molecular weight excluding hydrogens is 422 g/mol. The van der Waals surface area contributed by atoms with Gasteiger partial charge in [-0.1, -0.05) is 54.0 Å². The minimum atomic E-state index is -0.560. The lowest BCUT2D eigenvalue weighted by Crippen LogP contribution is -2.27. The Bertz CT molecular complexity index is 874. The molecule has 0 aromatic heterocycles. The summed E-state index contributed by atoms with van der Waals surface area (Å²) in [6.45, 7) is 4.16. The topological polar surface area (TPSA) is 63.7 Å². The maximum absolute atomic E-state index is 12.3. The van der Waals surface area contributed by atoms with Gasteiger partial charge in [-0.2, -0.15) is 0 Å². The number of benzene rings is 2. The van der Waals surface area contributed by atoms with Crippen LogP contribution in [0.5, 0.6) is 0 Å². The monoisotopic (exact) mass is 443 g/mol. The van der Waals surface area contributed by atoms with E-state index < -0.39 is 11.9 Å². The average molecular weight is 444 g/mol. The molecule has 146 valence electrons. The number of nitrogens with zero attached hydrogens (tertiary/aromatic N) is 1. The van der Waals surface area contributed by atoms with Crippen LogP contribution in [-0.2, 0) is 14.3 Å². The highest BCUT2D eigenvalue weighted by Gasteiger charge is 2.36. The number of hydrogen-bond donors (Lipinski definition) is 0. The highest BCUT2D eigenvalue weighted by atomic mass is 79.9. The van der Waals surface area contributed by atoms with Crippen LogP contribution >= 0.6 is 15.9 Å². The van der Waals surface area contributed by atoms with E-state index in [-0.39, 0.29) is 31.3 Å². The number of carbonyl (C=O) groups excluding carboxylic acids is 3. The third kappa shape index (κ3) is 4.68. The van der Waals surface area contributed by atoms with Crippen LogP contribution in [0.4, 0.5) is 5.69 Å². The highest BCUT2D eigenvalue weighted by molar-refractivity contribution is 9.10. The zero-order chi connectivity index (χ0) is 20.3. The first kappa shape index (κ1) is 20.3. The SMILES string of the molecule is CC(C)c1ccc(N2C[C@H](C(=O)OCC(=O)c3ccc(Br)cc3)CC2=O)cc1. The molecule has 1 saturated heterocycles. The van der Waals surface area contributed by atoms with Crippen molar-refractivity contribution in [2.24, 2.45) is 5.92 Å². The number of Topliss-reactive ketones (excluding diaryl/α,β-unsaturated/α-hetero) is 1. The maximum Gasteiger partial charge on any atom is 0.311 e. The summed E-state index contributed by atoms with van der Waals surface area (Å²) in [6.07, 6.45) is 0.0945. The van der Waals surface area contributed by atoms with Crippen LogP contribution in [0.25, 0.3) is 0 Å². The maximum atomic E-state index is 12.3. The smallest absolute Gasteiger partial charge is 0.311 e. The van der Waals surface area contributed by atoms with Crippen LogP contribution in [0.15, 0.2) is 53.0 Å². The Hall–Kier alpha value is -2.47. The van der Waals surface area contributed by atoms with Crippen LogP contribution in [0.3, 0.4) is 0 Å². The number of rotatable bonds is 6. The number of anilines is 1. The molecule has 0 radical (unpaired) electrons. The summed E-state index contributed by atoms with van der Waals surface area (Å²) in [4.78, 5) is 38.4. The summed E-state index contributed by atoms with van der Waals surface area (Å²) in [7, 11) is 0. The second kappa shape index (κ2) is 8.69. The van der Waals surface area contributed by atoms with Gasteiger partial charge in [0.15, 0.2) is 12.4 Å². The third-order valence-electron chi connectivity index (χ3n) is 4.84. The first-order valence-electron chi connectivity index (χ1n) is 9.21. The predicted molar refractivity (Wildman–Crippen MR) is 110 cm³/mol. The number of ether oxygens (including phenoxy) is 1. The minimum Gasteiger partial charge on any atom is -0.457 e. The summed E-state index contributed by atoms with van der Waals surface area (Å²) in [5.74, 6) is -1.05. The Morgan fingerprint density at radius 3 is 2.36 bits per heavy atom. The van der Waals surface area contributed by atoms with Gasteiger partial charge in [0.1, 0.15) is 0 Å². The molecule has 2 aromatic rings. The van der Waals surface area contributed by atoms with Crippen molar-refractivity contribution >= 4 is 39.3 Å². The van der Waals surface area contributed by atoms with Crippen molar-refractivity contribution in [2.45, 2.75) is 26.2 Å². The molecule has 1 fully saturated rings. The fraction of sp³-hybridized carbons (Fsp3) is 0.318. The van der Waals surface area contributed by atoms with Crippen molar-refractivity contribution in [3.05, 3.63) is 64.1 Å². The first-order chi connectivity index (χ1) is 13.3. The van der Waals surface area contributed by atoms with Gasteiger partial charge in [0.25, 0.3) is 0 Å². The van der Waals surface area contributed by atoms with E-state index in [9.17, 15) is 14.4 Å². The van der Waals surface area contributed by atoms with Crippen LogP contribution in [0, 0.1) is 5.92 Å². The van der Waals surface area contributed by atoms with E-state index in [1.807, 2.05) is 24.3 Å². The zero-order valence-electron chi connectivity index (χ0n) is 15.9. The van der Waals surface area contributed by atoms with Crippen LogP contribution in [-0.4, -0.2) is 30.8 Å². The fourth-order valence-electron chi connectivity index (χ4n) is 3.13. The van der Waals surface area contributed by atoms with Crippen LogP contribution < -0.4 is 4.90 Å². The largest absolute Gasteiger partial charge is 0.457 e. The van der Waals surface area contributed by atoms with Gasteiger partial charge in [0, 0.05) is 28.7 Å². The van der Waals surface area contributed by atoms with Crippen LogP contribution in [0.2, 0.25) is 0 Å². The van der Waals surface area contributed by atoms with E-state index in [0.717, 1.165) is 10.2 Å². The first-order valence-corrected chi connectivity index (χ1v) is 10.00. The number of hydrogen-bond acceptors (Lipinski definition) is 4. The molecule has 28 heavy (non-hydrogen) atoms. The summed E-state index contributed by atoms with van der Waals surface area (Å²) < 4.78 is 6.04. The number of halogens is 1. The lowest BCUT2D eigenvalue weighted by atomic mass is 10.0. The average Bonchev–Trinajstić information content (AvgIpc) is 3.08. The Morgan fingerprint density at radius 1 is 1.11 bits per heavy atom. The van der Waals surface area contributed by atoms with Crippen molar-refractivity contribution in [1.82, 2.24) is 0 Å². The minimum absolute atomic E-state index is 0.0945. The van der Waals surface area contributed by atoms with Gasteiger partial charge in [0.05, 0.1) is 5.92 Å². The molecule has 1 atom stereocenters. The van der Waals surface area contributed by atoms with Gasteiger partial charge in [-0.25, -0.2) is 0 Å². The van der Waals surface area contributed by atoms with Gasteiger partial charge in [-0.3, -0.25) is 14.4 Å². The molecule has 1 amide bonds. The molecule has 3 rings (SSSR count). The number of carbonyl (C=O) groups is 3. The second-order valence-corrected chi connectivity index (χ2v) is 8.11. The van der Waals surface area contributed by atoms with Gasteiger partial charge in [-0.05, 0) is 35.7 Å². The molecule has 0 bridgehead atoms. The summed E-state index contributed by atoms with van der Waals surface area (Å²) in [5.41, 5.74) is 2.44. The molecule has 1 heterocycles. The molecule has 0 aliphatic carbocycles. The predicted octanol–water partition coefficient (Wildman–Crippen LogP) is 4.35. The van der Waals surface area contributed by atoms with E-state index in [0.29, 0.717) is 11.5 Å². The Balaban J connectivity index is 1.57. The fourth-order valence-corrected chi connectivity index (χ4v) is 3.39. The Kier molecular flexibility index (Phi) is 6.29. The highest BCUT2D eigenvalue weighted by Crippen LogP contribution is 2.27. The molecule has 0 unspecified atom stereocenters. The second-order valence-electron chi connectivity index (χ2n) is 7.19. The molecule has 2 aromatic carbocycles. The molecule has 0 spiro atoms. The number of esters is 1. The van der Waals surface area contributed by atoms with Crippen LogP contribution in [0.1, 0.15) is 42.1 Å². The van der Waals surface area contributed by atoms with Crippen molar-refractivity contribution in [3.63, 3.8) is 0 Å². The lowest BCUT2D eigenvalue weighted by Gasteiger charge is -2.17. The van der Waals surface area contributed by atoms with E-state index in [4.69, 9.17) is 4.74 Å². The number of ketones is 1.